The van der Waals surface area contributed by atoms with Crippen molar-refractivity contribution in [3.05, 3.63) is 64.4 Å². The van der Waals surface area contributed by atoms with Gasteiger partial charge in [0, 0.05) is 23.0 Å². The Morgan fingerprint density at radius 3 is 2.80 bits per heavy atom. The van der Waals surface area contributed by atoms with Crippen molar-refractivity contribution in [1.82, 2.24) is 10.3 Å². The third-order valence-electron chi connectivity index (χ3n) is 3.05. The van der Waals surface area contributed by atoms with Crippen LogP contribution in [0.4, 0.5) is 13.2 Å². The predicted octanol–water partition coefficient (Wildman–Crippen LogP) is 3.69. The summed E-state index contributed by atoms with van der Waals surface area (Å²) in [5.41, 5.74) is -0.872. The van der Waals surface area contributed by atoms with Crippen LogP contribution in [0.15, 0.2) is 47.9 Å². The second kappa shape index (κ2) is 8.48. The molecule has 0 saturated heterocycles. The van der Waals surface area contributed by atoms with Crippen LogP contribution in [0, 0.1) is 0 Å². The summed E-state index contributed by atoms with van der Waals surface area (Å²) in [5.74, 6) is -0.905. The number of halogens is 4. The molecule has 0 fully saturated rings. The van der Waals surface area contributed by atoms with Gasteiger partial charge in [-0.1, -0.05) is 35.0 Å². The Morgan fingerprint density at radius 2 is 2.08 bits per heavy atom. The van der Waals surface area contributed by atoms with E-state index in [2.05, 4.69) is 15.5 Å². The molecule has 25 heavy (non-hydrogen) atoms. The zero-order valence-corrected chi connectivity index (χ0v) is 13.5. The molecule has 0 radical (unpaired) electrons. The maximum absolute atomic E-state index is 12.8. The van der Waals surface area contributed by atoms with E-state index in [0.717, 1.165) is 24.0 Å². The number of aromatic nitrogens is 1. The first-order chi connectivity index (χ1) is 11.9. The highest BCUT2D eigenvalue weighted by Gasteiger charge is 2.35. The van der Waals surface area contributed by atoms with Gasteiger partial charge in [-0.15, -0.1) is 0 Å². The van der Waals surface area contributed by atoms with Crippen molar-refractivity contribution < 1.29 is 22.8 Å². The van der Waals surface area contributed by atoms with Gasteiger partial charge in [-0.2, -0.15) is 13.2 Å². The number of nitrogens with zero attached hydrogens (tertiary/aromatic N) is 2. The molecular formula is C16H13ClF3N3O2. The number of pyridine rings is 1. The van der Waals surface area contributed by atoms with Crippen molar-refractivity contribution in [1.29, 1.82) is 0 Å². The average molecular weight is 372 g/mol. The molecule has 0 spiro atoms. The molecule has 1 amide bonds. The van der Waals surface area contributed by atoms with Crippen LogP contribution in [0.25, 0.3) is 0 Å². The number of benzene rings is 1. The van der Waals surface area contributed by atoms with Crippen LogP contribution in [-0.4, -0.2) is 23.7 Å². The number of carbonyl (C=O) groups excluding carboxylic acids is 1. The minimum Gasteiger partial charge on any atom is -0.391 e. The Morgan fingerprint density at radius 1 is 1.32 bits per heavy atom. The van der Waals surface area contributed by atoms with E-state index in [1.54, 1.807) is 24.3 Å². The third kappa shape index (κ3) is 5.46. The van der Waals surface area contributed by atoms with E-state index in [1.165, 1.54) is 6.21 Å². The highest BCUT2D eigenvalue weighted by molar-refractivity contribution is 6.31. The number of carbonyl (C=O) groups is 1. The maximum atomic E-state index is 12.8. The lowest BCUT2D eigenvalue weighted by atomic mass is 10.1. The van der Waals surface area contributed by atoms with Crippen LogP contribution in [0.3, 0.4) is 0 Å². The van der Waals surface area contributed by atoms with Crippen LogP contribution >= 0.6 is 11.6 Å². The van der Waals surface area contributed by atoms with Crippen molar-refractivity contribution in [2.75, 3.05) is 6.54 Å². The Labute approximate surface area is 146 Å². The molecule has 2 aromatic rings. The monoisotopic (exact) mass is 371 g/mol. The highest BCUT2D eigenvalue weighted by atomic mass is 35.5. The summed E-state index contributed by atoms with van der Waals surface area (Å²) < 4.78 is 38.5. The number of alkyl halides is 3. The molecule has 0 aliphatic carbocycles. The molecule has 2 rings (SSSR count). The molecular weight excluding hydrogens is 359 g/mol. The van der Waals surface area contributed by atoms with Crippen LogP contribution in [0.5, 0.6) is 0 Å². The summed E-state index contributed by atoms with van der Waals surface area (Å²) in [6.45, 7) is 0.0263. The molecule has 1 N–H and O–H groups in total. The molecule has 0 unspecified atom stereocenters. The standard InChI is InChI=1S/C16H13ClF3N3O2/c17-14-4-2-1-3-11(14)10-25-23-8-7-22-15(24)12-9-21-6-5-13(12)16(18,19)20/h1-6,8-9H,7,10H2,(H,22,24). The van der Waals surface area contributed by atoms with E-state index in [4.69, 9.17) is 16.4 Å². The van der Waals surface area contributed by atoms with Crippen LogP contribution < -0.4 is 5.32 Å². The fourth-order valence-electron chi connectivity index (χ4n) is 1.87. The van der Waals surface area contributed by atoms with Crippen LogP contribution in [-0.2, 0) is 17.6 Å². The minimum absolute atomic E-state index is 0.104. The van der Waals surface area contributed by atoms with E-state index in [1.807, 2.05) is 0 Å². The van der Waals surface area contributed by atoms with Gasteiger partial charge in [-0.3, -0.25) is 9.78 Å². The average Bonchev–Trinajstić information content (AvgIpc) is 2.58. The molecule has 0 aliphatic heterocycles. The number of hydrogen-bond acceptors (Lipinski definition) is 4. The molecule has 132 valence electrons. The molecule has 0 atom stereocenters. The van der Waals surface area contributed by atoms with Gasteiger partial charge in [0.15, 0.2) is 0 Å². The fourth-order valence-corrected chi connectivity index (χ4v) is 2.06. The van der Waals surface area contributed by atoms with Crippen LogP contribution in [0.2, 0.25) is 5.02 Å². The smallest absolute Gasteiger partial charge is 0.391 e. The lowest BCUT2D eigenvalue weighted by Crippen LogP contribution is -2.28. The molecule has 1 heterocycles. The molecule has 0 bridgehead atoms. The molecule has 0 aliphatic rings. The largest absolute Gasteiger partial charge is 0.417 e. The molecule has 5 nitrogen and oxygen atoms in total. The summed E-state index contributed by atoms with van der Waals surface area (Å²) >= 11 is 5.94. The molecule has 1 aromatic carbocycles. The summed E-state index contributed by atoms with van der Waals surface area (Å²) in [7, 11) is 0. The van der Waals surface area contributed by atoms with Gasteiger partial charge in [0.2, 0.25) is 0 Å². The first kappa shape index (κ1) is 18.7. The summed E-state index contributed by atoms with van der Waals surface area (Å²) in [5, 5.41) is 6.43. The first-order valence-electron chi connectivity index (χ1n) is 7.06. The van der Waals surface area contributed by atoms with Gasteiger partial charge in [0.25, 0.3) is 5.91 Å². The van der Waals surface area contributed by atoms with E-state index in [-0.39, 0.29) is 13.2 Å². The molecule has 1 aromatic heterocycles. The molecule has 9 heteroatoms. The van der Waals surface area contributed by atoms with Gasteiger partial charge in [-0.05, 0) is 12.1 Å². The Bertz CT molecular complexity index is 766. The fraction of sp³-hybridized carbons (Fsp3) is 0.188. The van der Waals surface area contributed by atoms with Gasteiger partial charge in [-0.25, -0.2) is 0 Å². The van der Waals surface area contributed by atoms with Crippen LogP contribution in [0.1, 0.15) is 21.5 Å². The Balaban J connectivity index is 1.84. The summed E-state index contributed by atoms with van der Waals surface area (Å²) in [6.07, 6.45) is -1.58. The van der Waals surface area contributed by atoms with Crippen molar-refractivity contribution in [2.24, 2.45) is 5.16 Å². The highest BCUT2D eigenvalue weighted by Crippen LogP contribution is 2.31. The molecule has 0 saturated carbocycles. The maximum Gasteiger partial charge on any atom is 0.417 e. The lowest BCUT2D eigenvalue weighted by molar-refractivity contribution is -0.138. The number of nitrogens with one attached hydrogen (secondary N) is 1. The SMILES string of the molecule is O=C(NCC=NOCc1ccccc1Cl)c1cnccc1C(F)(F)F. The third-order valence-corrected chi connectivity index (χ3v) is 3.42. The van der Waals surface area contributed by atoms with Gasteiger partial charge in [0.1, 0.15) is 6.61 Å². The van der Waals surface area contributed by atoms with Crippen molar-refractivity contribution in [3.63, 3.8) is 0 Å². The number of amides is 1. The Hall–Kier alpha value is -2.61. The normalized spacial score (nSPS) is 11.5. The zero-order chi connectivity index (χ0) is 18.3. The van der Waals surface area contributed by atoms with Gasteiger partial charge >= 0.3 is 6.18 Å². The number of hydrogen-bond donors (Lipinski definition) is 1. The van der Waals surface area contributed by atoms with Crippen molar-refractivity contribution >= 4 is 23.7 Å². The summed E-state index contributed by atoms with van der Waals surface area (Å²) in [4.78, 5) is 20.4. The summed E-state index contributed by atoms with van der Waals surface area (Å²) in [6, 6.07) is 7.78. The number of oxime groups is 1. The number of rotatable bonds is 6. The first-order valence-corrected chi connectivity index (χ1v) is 7.44. The predicted molar refractivity (Wildman–Crippen MR) is 86.3 cm³/mol. The van der Waals surface area contributed by atoms with E-state index in [9.17, 15) is 18.0 Å². The quantitative estimate of drug-likeness (QED) is 0.622. The van der Waals surface area contributed by atoms with E-state index < -0.39 is 23.2 Å². The zero-order valence-electron chi connectivity index (χ0n) is 12.8. The van der Waals surface area contributed by atoms with Crippen molar-refractivity contribution in [3.8, 4) is 0 Å². The van der Waals surface area contributed by atoms with E-state index in [0.29, 0.717) is 5.02 Å². The van der Waals surface area contributed by atoms with E-state index >= 15 is 0 Å². The second-order valence-electron chi connectivity index (χ2n) is 4.78. The lowest BCUT2D eigenvalue weighted by Gasteiger charge is -2.11. The second-order valence-corrected chi connectivity index (χ2v) is 5.19. The van der Waals surface area contributed by atoms with Gasteiger partial charge in [0.05, 0.1) is 23.9 Å². The van der Waals surface area contributed by atoms with Crippen molar-refractivity contribution in [2.45, 2.75) is 12.8 Å². The minimum atomic E-state index is -4.64. The van der Waals surface area contributed by atoms with Gasteiger partial charge < -0.3 is 10.2 Å². The topological polar surface area (TPSA) is 63.6 Å². The Kier molecular flexibility index (Phi) is 6.35.